The lowest BCUT2D eigenvalue weighted by Crippen LogP contribution is -2.62. The second-order valence-electron chi connectivity index (χ2n) is 4.34. The summed E-state index contributed by atoms with van der Waals surface area (Å²) in [4.78, 5) is 0. The summed E-state index contributed by atoms with van der Waals surface area (Å²) in [6.45, 7) is 1.14. The van der Waals surface area contributed by atoms with Gasteiger partial charge in [0.2, 0.25) is 0 Å². The maximum atomic E-state index is 12.8. The van der Waals surface area contributed by atoms with Crippen molar-refractivity contribution in [3.05, 3.63) is 0 Å². The van der Waals surface area contributed by atoms with E-state index in [9.17, 15) is 39.5 Å². The van der Waals surface area contributed by atoms with Gasteiger partial charge in [0.15, 0.2) is 0 Å². The molecule has 0 aromatic rings. The first-order valence-electron chi connectivity index (χ1n) is 4.38. The summed E-state index contributed by atoms with van der Waals surface area (Å²) in [6, 6.07) is 0. The molecule has 0 atom stereocenters. The minimum atomic E-state index is -6.91. The van der Waals surface area contributed by atoms with E-state index in [-0.39, 0.29) is 0 Å². The molecule has 1 nitrogen and oxygen atoms in total. The molecule has 0 radical (unpaired) electrons. The van der Waals surface area contributed by atoms with Crippen molar-refractivity contribution in [1.82, 2.24) is 0 Å². The molecular weight excluding hydrogens is 283 g/mol. The molecule has 0 aliphatic heterocycles. The Hall–Kier alpha value is -0.670. The van der Waals surface area contributed by atoms with Crippen molar-refractivity contribution in [3.63, 3.8) is 0 Å². The first-order chi connectivity index (χ1) is 7.46. The predicted molar refractivity (Wildman–Crippen MR) is 41.8 cm³/mol. The van der Waals surface area contributed by atoms with Gasteiger partial charge in [-0.15, -0.1) is 0 Å². The van der Waals surface area contributed by atoms with Gasteiger partial charge >= 0.3 is 23.9 Å². The van der Waals surface area contributed by atoms with Gasteiger partial charge in [0, 0.05) is 6.42 Å². The molecule has 0 aromatic carbocycles. The third kappa shape index (κ3) is 3.01. The predicted octanol–water partition coefficient (Wildman–Crippen LogP) is 3.62. The molecule has 0 saturated carbocycles. The fraction of sp³-hybridized carbons (Fsp3) is 1.00. The topological polar surface area (TPSA) is 20.2 Å². The van der Waals surface area contributed by atoms with Crippen molar-refractivity contribution in [2.24, 2.45) is 0 Å². The SMILES string of the molecule is CC(C)(O)CC(F)(F)C(F)(F)C(F)(F)C(F)(F)F. The molecule has 1 N–H and O–H groups in total. The minimum absolute atomic E-state index is 0.572. The molecule has 0 aliphatic carbocycles. The van der Waals surface area contributed by atoms with E-state index in [1.165, 1.54) is 0 Å². The molecule has 0 rings (SSSR count). The zero-order valence-corrected chi connectivity index (χ0v) is 9.06. The van der Waals surface area contributed by atoms with Gasteiger partial charge in [0.1, 0.15) is 0 Å². The van der Waals surface area contributed by atoms with Crippen LogP contribution in [0.4, 0.5) is 39.5 Å². The fourth-order valence-electron chi connectivity index (χ4n) is 1.06. The quantitative estimate of drug-likeness (QED) is 0.785. The highest BCUT2D eigenvalue weighted by atomic mass is 19.4. The van der Waals surface area contributed by atoms with E-state index in [4.69, 9.17) is 5.11 Å². The molecule has 0 aromatic heterocycles. The van der Waals surface area contributed by atoms with Crippen molar-refractivity contribution in [3.8, 4) is 0 Å². The van der Waals surface area contributed by atoms with Gasteiger partial charge in [-0.1, -0.05) is 0 Å². The van der Waals surface area contributed by atoms with Crippen LogP contribution >= 0.6 is 0 Å². The number of halogens is 9. The van der Waals surface area contributed by atoms with Crippen LogP contribution in [0.25, 0.3) is 0 Å². The summed E-state index contributed by atoms with van der Waals surface area (Å²) in [5.74, 6) is -19.3. The van der Waals surface area contributed by atoms with Crippen molar-refractivity contribution in [2.45, 2.75) is 49.8 Å². The second-order valence-corrected chi connectivity index (χ2v) is 4.34. The van der Waals surface area contributed by atoms with Crippen molar-refractivity contribution in [2.75, 3.05) is 0 Å². The maximum absolute atomic E-state index is 12.8. The standard InChI is InChI=1S/C8H9F9O/c1-4(2,18)3-5(9,10)6(11,12)7(13,14)8(15,16)17/h18H,3H2,1-2H3. The molecule has 0 heterocycles. The Morgan fingerprint density at radius 3 is 1.28 bits per heavy atom. The maximum Gasteiger partial charge on any atom is 0.460 e. The number of aliphatic hydroxyl groups is 1. The monoisotopic (exact) mass is 292 g/mol. The van der Waals surface area contributed by atoms with Gasteiger partial charge in [-0.25, -0.2) is 0 Å². The van der Waals surface area contributed by atoms with Gasteiger partial charge in [0.25, 0.3) is 0 Å². The van der Waals surface area contributed by atoms with Crippen LogP contribution in [0.3, 0.4) is 0 Å². The van der Waals surface area contributed by atoms with Gasteiger partial charge in [-0.05, 0) is 13.8 Å². The average molecular weight is 292 g/mol. The lowest BCUT2D eigenvalue weighted by molar-refractivity contribution is -0.399. The molecule has 0 amide bonds. The molecule has 0 bridgehead atoms. The lowest BCUT2D eigenvalue weighted by Gasteiger charge is -2.35. The van der Waals surface area contributed by atoms with Crippen LogP contribution in [-0.4, -0.2) is 34.7 Å². The molecule has 0 spiro atoms. The second kappa shape index (κ2) is 4.17. The van der Waals surface area contributed by atoms with Crippen LogP contribution in [0.5, 0.6) is 0 Å². The molecule has 0 fully saturated rings. The van der Waals surface area contributed by atoms with E-state index < -0.39 is 36.0 Å². The van der Waals surface area contributed by atoms with Crippen LogP contribution in [0.15, 0.2) is 0 Å². The summed E-state index contributed by atoms with van der Waals surface area (Å²) in [5.41, 5.74) is -2.55. The Kier molecular flexibility index (Phi) is 4.02. The summed E-state index contributed by atoms with van der Waals surface area (Å²) in [6.07, 6.45) is -9.09. The molecule has 0 aliphatic rings. The van der Waals surface area contributed by atoms with Gasteiger partial charge in [-0.2, -0.15) is 39.5 Å². The Labute approximate surface area is 95.6 Å². The van der Waals surface area contributed by atoms with E-state index >= 15 is 0 Å². The number of alkyl halides is 9. The highest BCUT2D eigenvalue weighted by molar-refractivity contribution is 5.01. The smallest absolute Gasteiger partial charge is 0.390 e. The zero-order chi connectivity index (χ0) is 15.2. The summed E-state index contributed by atoms with van der Waals surface area (Å²) < 4.78 is 111. The largest absolute Gasteiger partial charge is 0.460 e. The zero-order valence-electron chi connectivity index (χ0n) is 9.06. The summed E-state index contributed by atoms with van der Waals surface area (Å²) in [7, 11) is 0. The Balaban J connectivity index is 5.50. The fourth-order valence-corrected chi connectivity index (χ4v) is 1.06. The molecular formula is C8H9F9O. The van der Waals surface area contributed by atoms with E-state index in [1.807, 2.05) is 0 Å². The van der Waals surface area contributed by atoms with Crippen molar-refractivity contribution < 1.29 is 44.6 Å². The molecule has 0 saturated heterocycles. The van der Waals surface area contributed by atoms with Gasteiger partial charge in [0.05, 0.1) is 5.60 Å². The molecule has 0 unspecified atom stereocenters. The number of rotatable bonds is 4. The van der Waals surface area contributed by atoms with Crippen molar-refractivity contribution in [1.29, 1.82) is 0 Å². The van der Waals surface area contributed by atoms with Crippen molar-refractivity contribution >= 4 is 0 Å². The average Bonchev–Trinajstić information content (AvgIpc) is 1.95. The minimum Gasteiger partial charge on any atom is -0.390 e. The highest BCUT2D eigenvalue weighted by Gasteiger charge is 2.81. The number of hydrogen-bond acceptors (Lipinski definition) is 1. The third-order valence-electron chi connectivity index (χ3n) is 1.86. The van der Waals surface area contributed by atoms with Gasteiger partial charge in [-0.3, -0.25) is 0 Å². The molecule has 110 valence electrons. The Morgan fingerprint density at radius 1 is 0.722 bits per heavy atom. The van der Waals surface area contributed by atoms with Crippen LogP contribution in [0, 0.1) is 0 Å². The first kappa shape index (κ1) is 17.3. The third-order valence-corrected chi connectivity index (χ3v) is 1.86. The highest BCUT2D eigenvalue weighted by Crippen LogP contribution is 2.54. The molecule has 10 heteroatoms. The Bertz CT molecular complexity index is 299. The normalized spacial score (nSPS) is 16.0. The van der Waals surface area contributed by atoms with Gasteiger partial charge < -0.3 is 5.11 Å². The Morgan fingerprint density at radius 2 is 1.06 bits per heavy atom. The van der Waals surface area contributed by atoms with Crippen LogP contribution in [0.2, 0.25) is 0 Å². The van der Waals surface area contributed by atoms with Crippen LogP contribution in [0.1, 0.15) is 20.3 Å². The lowest BCUT2D eigenvalue weighted by atomic mass is 9.93. The summed E-state index contributed by atoms with van der Waals surface area (Å²) >= 11 is 0. The summed E-state index contributed by atoms with van der Waals surface area (Å²) in [5, 5.41) is 8.85. The number of hydrogen-bond donors (Lipinski definition) is 1. The van der Waals surface area contributed by atoms with E-state index in [2.05, 4.69) is 0 Å². The molecule has 18 heavy (non-hydrogen) atoms. The van der Waals surface area contributed by atoms with E-state index in [1.54, 1.807) is 0 Å². The van der Waals surface area contributed by atoms with Crippen LogP contribution in [-0.2, 0) is 0 Å². The first-order valence-corrected chi connectivity index (χ1v) is 4.38. The van der Waals surface area contributed by atoms with E-state index in [0.29, 0.717) is 13.8 Å². The van der Waals surface area contributed by atoms with E-state index in [0.717, 1.165) is 0 Å². The van der Waals surface area contributed by atoms with Crippen LogP contribution < -0.4 is 0 Å².